The van der Waals surface area contributed by atoms with Crippen molar-refractivity contribution < 1.29 is 39.5 Å². The lowest BCUT2D eigenvalue weighted by Crippen LogP contribution is -2.67. The molecule has 0 radical (unpaired) electrons. The number of carbonyl (C=O) groups is 3. The molecule has 3 aliphatic carbocycles. The number of rotatable bonds is 3. The number of Topliss-reactive ketones (excluding diaryl/α,β-unsaturated/α-hetero) is 2. The van der Waals surface area contributed by atoms with E-state index in [4.69, 9.17) is 10.5 Å². The molecule has 1 aromatic carbocycles. The lowest BCUT2D eigenvalue weighted by Gasteiger charge is -2.51. The SMILES string of the molecule is Cc1cc(-c2ccc(O)c3c2CC2CC4C(N5CCOCC5)C(=O)C(C(N)=O)=C(O)C4(O)C(=O)C2=C3O)sn1. The average molecular weight is 554 g/mol. The number of aliphatic hydroxyl groups excluding tert-OH is 2. The lowest BCUT2D eigenvalue weighted by molar-refractivity contribution is -0.157. The maximum absolute atomic E-state index is 14.1. The molecule has 1 aromatic heterocycles. The van der Waals surface area contributed by atoms with Crippen molar-refractivity contribution in [2.75, 3.05) is 26.3 Å². The number of primary amides is 1. The molecule has 39 heavy (non-hydrogen) atoms. The van der Waals surface area contributed by atoms with E-state index < -0.39 is 58.0 Å². The zero-order chi connectivity index (χ0) is 27.8. The molecule has 6 rings (SSSR count). The van der Waals surface area contributed by atoms with Crippen molar-refractivity contribution in [3.05, 3.63) is 51.9 Å². The van der Waals surface area contributed by atoms with E-state index >= 15 is 0 Å². The number of phenols is 1. The average Bonchev–Trinajstić information content (AvgIpc) is 3.32. The summed E-state index contributed by atoms with van der Waals surface area (Å²) in [7, 11) is 0. The fourth-order valence-electron chi connectivity index (χ4n) is 6.65. The molecular weight excluding hydrogens is 526 g/mol. The predicted molar refractivity (Wildman–Crippen MR) is 139 cm³/mol. The van der Waals surface area contributed by atoms with Crippen molar-refractivity contribution in [2.45, 2.75) is 31.4 Å². The van der Waals surface area contributed by atoms with Crippen LogP contribution in [0.4, 0.5) is 0 Å². The Morgan fingerprint density at radius 2 is 1.92 bits per heavy atom. The highest BCUT2D eigenvalue weighted by Crippen LogP contribution is 2.54. The molecule has 2 aromatic rings. The summed E-state index contributed by atoms with van der Waals surface area (Å²) in [4.78, 5) is 42.5. The van der Waals surface area contributed by atoms with Crippen molar-refractivity contribution in [1.29, 1.82) is 0 Å². The lowest BCUT2D eigenvalue weighted by atomic mass is 9.57. The van der Waals surface area contributed by atoms with Crippen LogP contribution in [0.25, 0.3) is 16.2 Å². The van der Waals surface area contributed by atoms with Crippen LogP contribution < -0.4 is 5.73 Å². The fraction of sp³-hybridized carbons (Fsp3) is 0.407. The number of phenolic OH excluding ortho intramolecular Hbond substituents is 1. The number of fused-ring (bicyclic) bond motifs is 3. The standard InChI is InChI=1S/C27H27N3O8S/c1-11-8-17(39-29-11)13-2-3-16(31)19-14(13)9-12-10-15-21(30-4-6-38-7-5-30)23(33)20(26(28)36)25(35)27(15,37)24(34)18(12)22(19)32/h2-3,8,12,15,21,31-32,35,37H,4-7,9-10H2,1H3,(H2,28,36). The number of hydrogen-bond donors (Lipinski definition) is 5. The number of amides is 1. The summed E-state index contributed by atoms with van der Waals surface area (Å²) in [5, 5.41) is 45.1. The van der Waals surface area contributed by atoms with E-state index in [2.05, 4.69) is 4.37 Å². The number of ketones is 2. The van der Waals surface area contributed by atoms with E-state index in [0.717, 1.165) is 16.1 Å². The Labute approximate surface area is 227 Å². The van der Waals surface area contributed by atoms with E-state index in [0.29, 0.717) is 31.9 Å². The highest BCUT2D eigenvalue weighted by atomic mass is 32.1. The van der Waals surface area contributed by atoms with Crippen LogP contribution in [0.1, 0.15) is 23.2 Å². The van der Waals surface area contributed by atoms with E-state index in [1.807, 2.05) is 13.0 Å². The number of aromatic hydroxyl groups is 1. The molecule has 1 saturated heterocycles. The van der Waals surface area contributed by atoms with Gasteiger partial charge in [-0.05, 0) is 66.5 Å². The van der Waals surface area contributed by atoms with Gasteiger partial charge in [0.1, 0.15) is 22.8 Å². The first-order chi connectivity index (χ1) is 18.6. The Hall–Kier alpha value is -3.58. The monoisotopic (exact) mass is 553 g/mol. The number of ether oxygens (including phenoxy) is 1. The van der Waals surface area contributed by atoms with Gasteiger partial charge in [0.15, 0.2) is 11.4 Å². The van der Waals surface area contributed by atoms with Crippen molar-refractivity contribution in [2.24, 2.45) is 17.6 Å². The number of morpholine rings is 1. The minimum Gasteiger partial charge on any atom is -0.508 e. The summed E-state index contributed by atoms with van der Waals surface area (Å²) >= 11 is 1.27. The number of benzene rings is 1. The van der Waals surface area contributed by atoms with Gasteiger partial charge in [-0.3, -0.25) is 19.3 Å². The van der Waals surface area contributed by atoms with Gasteiger partial charge in [0.05, 0.1) is 35.4 Å². The minimum atomic E-state index is -2.67. The quantitative estimate of drug-likeness (QED) is 0.346. The predicted octanol–water partition coefficient (Wildman–Crippen LogP) is 1.17. The van der Waals surface area contributed by atoms with Gasteiger partial charge in [-0.2, -0.15) is 4.37 Å². The molecule has 6 N–H and O–H groups in total. The van der Waals surface area contributed by atoms with Gasteiger partial charge in [0.25, 0.3) is 5.91 Å². The summed E-state index contributed by atoms with van der Waals surface area (Å²) in [6.45, 7) is 3.10. The molecule has 1 amide bonds. The first kappa shape index (κ1) is 25.7. The molecule has 0 spiro atoms. The van der Waals surface area contributed by atoms with Gasteiger partial charge in [0, 0.05) is 24.6 Å². The number of nitrogens with zero attached hydrogens (tertiary/aromatic N) is 2. The van der Waals surface area contributed by atoms with Crippen molar-refractivity contribution in [3.63, 3.8) is 0 Å². The third-order valence-corrected chi connectivity index (χ3v) is 9.29. The van der Waals surface area contributed by atoms with Crippen LogP contribution in [0.15, 0.2) is 35.1 Å². The second-order valence-corrected chi connectivity index (χ2v) is 11.3. The summed E-state index contributed by atoms with van der Waals surface area (Å²) in [6, 6.07) is 3.93. The normalized spacial score (nSPS) is 29.2. The van der Waals surface area contributed by atoms with E-state index in [1.165, 1.54) is 17.6 Å². The van der Waals surface area contributed by atoms with Crippen LogP contribution in [0.3, 0.4) is 0 Å². The van der Waals surface area contributed by atoms with Crippen LogP contribution in [0.5, 0.6) is 5.75 Å². The molecule has 2 fully saturated rings. The van der Waals surface area contributed by atoms with Crippen LogP contribution in [0.2, 0.25) is 0 Å². The number of aromatic nitrogens is 1. The largest absolute Gasteiger partial charge is 0.508 e. The molecule has 2 heterocycles. The molecule has 204 valence electrons. The Morgan fingerprint density at radius 3 is 2.56 bits per heavy atom. The van der Waals surface area contributed by atoms with Crippen molar-refractivity contribution >= 4 is 34.8 Å². The van der Waals surface area contributed by atoms with Crippen LogP contribution in [-0.4, -0.2) is 85.1 Å². The maximum Gasteiger partial charge on any atom is 0.255 e. The zero-order valence-corrected chi connectivity index (χ0v) is 21.8. The third kappa shape index (κ3) is 3.59. The number of nitrogens with two attached hydrogens (primary N) is 1. The van der Waals surface area contributed by atoms with Gasteiger partial charge in [-0.15, -0.1) is 0 Å². The smallest absolute Gasteiger partial charge is 0.255 e. The summed E-state index contributed by atoms with van der Waals surface area (Å²) in [5.74, 6) is -6.63. The number of hydrogen-bond acceptors (Lipinski definition) is 11. The van der Waals surface area contributed by atoms with Crippen LogP contribution >= 0.6 is 11.5 Å². The number of carbonyl (C=O) groups excluding carboxylic acids is 3. The summed E-state index contributed by atoms with van der Waals surface area (Å²) < 4.78 is 9.74. The Bertz CT molecular complexity index is 1500. The van der Waals surface area contributed by atoms with Crippen molar-refractivity contribution in [3.8, 4) is 16.2 Å². The molecule has 1 saturated carbocycles. The Balaban J connectivity index is 1.54. The Kier molecular flexibility index (Phi) is 5.92. The van der Waals surface area contributed by atoms with Gasteiger partial charge in [-0.1, -0.05) is 0 Å². The van der Waals surface area contributed by atoms with E-state index in [9.17, 15) is 34.8 Å². The van der Waals surface area contributed by atoms with Crippen molar-refractivity contribution in [1.82, 2.24) is 9.27 Å². The molecule has 11 nitrogen and oxygen atoms in total. The first-order valence-electron chi connectivity index (χ1n) is 12.6. The molecule has 12 heteroatoms. The summed E-state index contributed by atoms with van der Waals surface area (Å²) in [6.07, 6.45) is 0.270. The van der Waals surface area contributed by atoms with Crippen LogP contribution in [0, 0.1) is 18.8 Å². The maximum atomic E-state index is 14.1. The van der Waals surface area contributed by atoms with Crippen LogP contribution in [-0.2, 0) is 25.5 Å². The fourth-order valence-corrected chi connectivity index (χ4v) is 7.45. The van der Waals surface area contributed by atoms with Gasteiger partial charge >= 0.3 is 0 Å². The summed E-state index contributed by atoms with van der Waals surface area (Å²) in [5.41, 5.74) is 4.03. The zero-order valence-electron chi connectivity index (χ0n) is 21.0. The molecule has 4 aliphatic rings. The molecular formula is C27H27N3O8S. The second kappa shape index (κ2) is 8.98. The highest BCUT2D eigenvalue weighted by Gasteiger charge is 2.64. The molecule has 0 bridgehead atoms. The molecule has 1 aliphatic heterocycles. The van der Waals surface area contributed by atoms with Gasteiger partial charge in [-0.25, -0.2) is 0 Å². The van der Waals surface area contributed by atoms with Gasteiger partial charge in [0.2, 0.25) is 5.78 Å². The molecule has 4 atom stereocenters. The van der Waals surface area contributed by atoms with E-state index in [-0.39, 0.29) is 29.7 Å². The number of aliphatic hydroxyl groups is 3. The third-order valence-electron chi connectivity index (χ3n) is 8.38. The topological polar surface area (TPSA) is 184 Å². The highest BCUT2D eigenvalue weighted by molar-refractivity contribution is 7.09. The number of aryl methyl sites for hydroxylation is 1. The first-order valence-corrected chi connectivity index (χ1v) is 13.4. The molecule has 4 unspecified atom stereocenters. The minimum absolute atomic E-state index is 0.0434. The van der Waals surface area contributed by atoms with Gasteiger partial charge < -0.3 is 30.9 Å². The Morgan fingerprint density at radius 1 is 1.21 bits per heavy atom. The second-order valence-electron chi connectivity index (χ2n) is 10.5. The van der Waals surface area contributed by atoms with E-state index in [1.54, 1.807) is 11.0 Å².